The van der Waals surface area contributed by atoms with Gasteiger partial charge in [-0.15, -0.1) is 12.4 Å². The largest absolute Gasteiger partial charge is 0.492 e. The quantitative estimate of drug-likeness (QED) is 0.700. The zero-order chi connectivity index (χ0) is 20.8. The molecule has 7 heteroatoms. The van der Waals surface area contributed by atoms with E-state index < -0.39 is 5.60 Å². The maximum Gasteiger partial charge on any atom is 0.123 e. The van der Waals surface area contributed by atoms with E-state index in [-0.39, 0.29) is 18.2 Å². The van der Waals surface area contributed by atoms with E-state index in [9.17, 15) is 9.50 Å². The maximum absolute atomic E-state index is 13.2. The fourth-order valence-corrected chi connectivity index (χ4v) is 4.20. The van der Waals surface area contributed by atoms with Gasteiger partial charge >= 0.3 is 0 Å². The summed E-state index contributed by atoms with van der Waals surface area (Å²) < 4.78 is 24.4. The van der Waals surface area contributed by atoms with Crippen molar-refractivity contribution in [3.05, 3.63) is 65.5 Å². The molecule has 0 amide bonds. The van der Waals surface area contributed by atoms with E-state index in [4.69, 9.17) is 9.47 Å². The second-order valence-corrected chi connectivity index (χ2v) is 8.26. The smallest absolute Gasteiger partial charge is 0.123 e. The number of rotatable bonds is 7. The second kappa shape index (κ2) is 11.2. The van der Waals surface area contributed by atoms with Crippen LogP contribution in [0.2, 0.25) is 0 Å². The Labute approximate surface area is 190 Å². The highest BCUT2D eigenvalue weighted by Gasteiger charge is 2.33. The highest BCUT2D eigenvalue weighted by Crippen LogP contribution is 2.33. The summed E-state index contributed by atoms with van der Waals surface area (Å²) in [6.07, 6.45) is 1.31. The van der Waals surface area contributed by atoms with Crippen LogP contribution in [0, 0.1) is 5.82 Å². The van der Waals surface area contributed by atoms with Gasteiger partial charge in [-0.05, 0) is 48.2 Å². The van der Waals surface area contributed by atoms with Gasteiger partial charge in [-0.1, -0.05) is 24.3 Å². The lowest BCUT2D eigenvalue weighted by Crippen LogP contribution is -2.42. The molecule has 5 nitrogen and oxygen atoms in total. The topological polar surface area (TPSA) is 45.2 Å². The zero-order valence-corrected chi connectivity index (χ0v) is 18.7. The Hall–Kier alpha value is -1.70. The second-order valence-electron chi connectivity index (χ2n) is 8.26. The van der Waals surface area contributed by atoms with Gasteiger partial charge in [0.1, 0.15) is 18.2 Å². The third kappa shape index (κ3) is 6.64. The van der Waals surface area contributed by atoms with Crippen molar-refractivity contribution in [2.45, 2.75) is 25.0 Å². The van der Waals surface area contributed by atoms with Crippen LogP contribution in [0.4, 0.5) is 4.39 Å². The SMILES string of the molecule is Cl.OC1(c2ccc(F)cc2)CCN(Cc2ccc(OCCN3CCOCC3)cc2)CC1. The molecule has 2 aliphatic heterocycles. The number of morpholine rings is 1. The average molecular weight is 451 g/mol. The molecule has 2 aromatic rings. The number of halogens is 2. The van der Waals surface area contributed by atoms with Crippen molar-refractivity contribution in [3.63, 3.8) is 0 Å². The average Bonchev–Trinajstić information content (AvgIpc) is 2.78. The number of likely N-dealkylation sites (tertiary alicyclic amines) is 1. The van der Waals surface area contributed by atoms with E-state index >= 15 is 0 Å². The Morgan fingerprint density at radius 1 is 0.903 bits per heavy atom. The number of benzene rings is 2. The van der Waals surface area contributed by atoms with Crippen molar-refractivity contribution < 1.29 is 19.0 Å². The van der Waals surface area contributed by atoms with Crippen LogP contribution in [-0.2, 0) is 16.9 Å². The molecule has 0 bridgehead atoms. The summed E-state index contributed by atoms with van der Waals surface area (Å²) in [6.45, 7) is 7.68. The fraction of sp³-hybridized carbons (Fsp3) is 0.500. The predicted octanol–water partition coefficient (Wildman–Crippen LogP) is 3.44. The van der Waals surface area contributed by atoms with Crippen LogP contribution in [-0.4, -0.2) is 67.5 Å². The third-order valence-corrected chi connectivity index (χ3v) is 6.17. The molecule has 0 aliphatic carbocycles. The Morgan fingerprint density at radius 2 is 1.55 bits per heavy atom. The van der Waals surface area contributed by atoms with Crippen LogP contribution in [0.5, 0.6) is 5.75 Å². The molecule has 31 heavy (non-hydrogen) atoms. The van der Waals surface area contributed by atoms with Crippen molar-refractivity contribution in [2.24, 2.45) is 0 Å². The summed E-state index contributed by atoms with van der Waals surface area (Å²) >= 11 is 0. The molecule has 0 aromatic heterocycles. The molecule has 0 spiro atoms. The predicted molar refractivity (Wildman–Crippen MR) is 121 cm³/mol. The van der Waals surface area contributed by atoms with Crippen LogP contribution in [0.15, 0.2) is 48.5 Å². The van der Waals surface area contributed by atoms with Crippen LogP contribution in [0.25, 0.3) is 0 Å². The maximum atomic E-state index is 13.2. The molecule has 0 unspecified atom stereocenters. The molecule has 2 saturated heterocycles. The van der Waals surface area contributed by atoms with Crippen molar-refractivity contribution in [1.82, 2.24) is 9.80 Å². The van der Waals surface area contributed by atoms with Crippen LogP contribution >= 0.6 is 12.4 Å². The highest BCUT2D eigenvalue weighted by molar-refractivity contribution is 5.85. The van der Waals surface area contributed by atoms with Gasteiger partial charge in [0.05, 0.1) is 18.8 Å². The number of hydrogen-bond donors (Lipinski definition) is 1. The summed E-state index contributed by atoms with van der Waals surface area (Å²) in [5.74, 6) is 0.629. The molecule has 0 radical (unpaired) electrons. The fourth-order valence-electron chi connectivity index (χ4n) is 4.20. The lowest BCUT2D eigenvalue weighted by Gasteiger charge is -2.38. The van der Waals surface area contributed by atoms with Crippen LogP contribution < -0.4 is 4.74 Å². The number of piperidine rings is 1. The van der Waals surface area contributed by atoms with Gasteiger partial charge in [-0.2, -0.15) is 0 Å². The summed E-state index contributed by atoms with van der Waals surface area (Å²) in [4.78, 5) is 4.72. The van der Waals surface area contributed by atoms with Crippen molar-refractivity contribution in [1.29, 1.82) is 0 Å². The monoisotopic (exact) mass is 450 g/mol. The van der Waals surface area contributed by atoms with Gasteiger partial charge in [-0.25, -0.2) is 4.39 Å². The molecular formula is C24H32ClFN2O3. The number of hydrogen-bond acceptors (Lipinski definition) is 5. The van der Waals surface area contributed by atoms with E-state index in [2.05, 4.69) is 21.9 Å². The first-order valence-corrected chi connectivity index (χ1v) is 10.8. The minimum Gasteiger partial charge on any atom is -0.492 e. The normalized spacial score (nSPS) is 19.5. The molecule has 2 heterocycles. The number of ether oxygens (including phenoxy) is 2. The summed E-state index contributed by atoms with van der Waals surface area (Å²) in [7, 11) is 0. The summed E-state index contributed by atoms with van der Waals surface area (Å²) in [6, 6.07) is 14.5. The molecule has 2 aromatic carbocycles. The Bertz CT molecular complexity index is 789. The Balaban J connectivity index is 0.00000272. The van der Waals surface area contributed by atoms with Gasteiger partial charge < -0.3 is 14.6 Å². The number of nitrogens with zero attached hydrogens (tertiary/aromatic N) is 2. The summed E-state index contributed by atoms with van der Waals surface area (Å²) in [5.41, 5.74) is 1.19. The van der Waals surface area contributed by atoms with Crippen molar-refractivity contribution >= 4 is 12.4 Å². The molecule has 4 rings (SSSR count). The Morgan fingerprint density at radius 3 is 2.19 bits per heavy atom. The van der Waals surface area contributed by atoms with Gasteiger partial charge in [0.2, 0.25) is 0 Å². The van der Waals surface area contributed by atoms with Crippen LogP contribution in [0.3, 0.4) is 0 Å². The first kappa shape index (κ1) is 24.0. The van der Waals surface area contributed by atoms with Crippen molar-refractivity contribution in [3.8, 4) is 5.75 Å². The minimum atomic E-state index is -0.859. The molecule has 2 fully saturated rings. The molecule has 0 atom stereocenters. The third-order valence-electron chi connectivity index (χ3n) is 6.17. The van der Waals surface area contributed by atoms with E-state index in [1.54, 1.807) is 12.1 Å². The molecule has 1 N–H and O–H groups in total. The van der Waals surface area contributed by atoms with Gasteiger partial charge in [0.15, 0.2) is 0 Å². The molecule has 2 aliphatic rings. The molecule has 0 saturated carbocycles. The highest BCUT2D eigenvalue weighted by atomic mass is 35.5. The number of aliphatic hydroxyl groups is 1. The Kier molecular flexibility index (Phi) is 8.69. The summed E-state index contributed by atoms with van der Waals surface area (Å²) in [5, 5.41) is 11.0. The van der Waals surface area contributed by atoms with E-state index in [1.165, 1.54) is 17.7 Å². The first-order valence-electron chi connectivity index (χ1n) is 10.8. The zero-order valence-electron chi connectivity index (χ0n) is 17.8. The standard InChI is InChI=1S/C24H31FN2O3.ClH/c25-22-5-3-21(4-6-22)24(28)9-11-27(12-10-24)19-20-1-7-23(8-2-20)30-18-15-26-13-16-29-17-14-26;/h1-8,28H,9-19H2;1H. The molecular weight excluding hydrogens is 419 g/mol. The van der Waals surface area contributed by atoms with E-state index in [0.29, 0.717) is 19.4 Å². The van der Waals surface area contributed by atoms with E-state index in [1.807, 2.05) is 12.1 Å². The van der Waals surface area contributed by atoms with Gasteiger partial charge in [0, 0.05) is 39.3 Å². The van der Waals surface area contributed by atoms with Crippen molar-refractivity contribution in [2.75, 3.05) is 52.5 Å². The lowest BCUT2D eigenvalue weighted by molar-refractivity contribution is -0.0277. The first-order chi connectivity index (χ1) is 14.6. The lowest BCUT2D eigenvalue weighted by atomic mass is 9.84. The minimum absolute atomic E-state index is 0. The van der Waals surface area contributed by atoms with Gasteiger partial charge in [0.25, 0.3) is 0 Å². The molecule has 170 valence electrons. The van der Waals surface area contributed by atoms with Crippen LogP contribution in [0.1, 0.15) is 24.0 Å². The van der Waals surface area contributed by atoms with E-state index in [0.717, 1.165) is 63.8 Å². The van der Waals surface area contributed by atoms with Gasteiger partial charge in [-0.3, -0.25) is 9.80 Å².